The number of hydrogen-bond acceptors (Lipinski definition) is 6. The van der Waals surface area contributed by atoms with Gasteiger partial charge in [0.1, 0.15) is 13.2 Å². The van der Waals surface area contributed by atoms with Crippen molar-refractivity contribution in [2.24, 2.45) is 0 Å². The summed E-state index contributed by atoms with van der Waals surface area (Å²) in [7, 11) is 1.25. The van der Waals surface area contributed by atoms with Crippen LogP contribution in [0.4, 0.5) is 0 Å². The number of phosphoric acid groups is 1. The van der Waals surface area contributed by atoms with Gasteiger partial charge in [0.05, 0.1) is 39.9 Å². The first kappa shape index (κ1) is 64.4. The van der Waals surface area contributed by atoms with Gasteiger partial charge >= 0.3 is 0 Å². The lowest BCUT2D eigenvalue weighted by molar-refractivity contribution is -0.870. The molecule has 9 heteroatoms. The van der Waals surface area contributed by atoms with Crippen LogP contribution in [-0.4, -0.2) is 68.5 Å². The van der Waals surface area contributed by atoms with Gasteiger partial charge in [-0.05, 0) is 77.0 Å². The molecule has 0 radical (unpaired) electrons. The normalized spacial score (nSPS) is 14.8. The minimum atomic E-state index is -4.59. The molecule has 386 valence electrons. The number of carbonyl (C=O) groups is 1. The third-order valence-corrected chi connectivity index (χ3v) is 12.5. The lowest BCUT2D eigenvalue weighted by Crippen LogP contribution is -2.45. The predicted molar refractivity (Wildman–Crippen MR) is 288 cm³/mol. The minimum Gasteiger partial charge on any atom is -0.756 e. The number of likely N-dealkylation sites (N-methyl/N-ethyl adjacent to an activating group) is 1. The van der Waals surface area contributed by atoms with Crippen molar-refractivity contribution in [2.45, 2.75) is 225 Å². The number of carbonyl (C=O) groups excluding carboxylic acids is 1. The van der Waals surface area contributed by atoms with E-state index in [2.05, 4.69) is 104 Å². The number of amides is 1. The van der Waals surface area contributed by atoms with Gasteiger partial charge in [-0.25, -0.2) is 0 Å². The first-order valence-electron chi connectivity index (χ1n) is 27.1. The van der Waals surface area contributed by atoms with Crippen molar-refractivity contribution in [1.29, 1.82) is 0 Å². The van der Waals surface area contributed by atoms with E-state index in [0.717, 1.165) is 83.5 Å². The summed E-state index contributed by atoms with van der Waals surface area (Å²) < 4.78 is 23.2. The fraction of sp³-hybridized carbons (Fsp3) is 0.707. The van der Waals surface area contributed by atoms with Gasteiger partial charge in [0.25, 0.3) is 7.82 Å². The van der Waals surface area contributed by atoms with Gasteiger partial charge in [-0.2, -0.15) is 0 Å². The van der Waals surface area contributed by atoms with Crippen LogP contribution in [0, 0.1) is 0 Å². The number of rotatable bonds is 48. The minimum absolute atomic E-state index is 0.00430. The molecule has 0 aliphatic rings. The molecule has 0 bridgehead atoms. The molecule has 3 unspecified atom stereocenters. The standard InChI is InChI=1S/C58H103N2O6P/c1-6-8-10-12-14-16-17-18-19-20-21-22-23-24-25-26-27-28-29-30-31-32-33-34-35-36-37-38-39-40-41-42-43-44-46-48-50-52-58(62)59-56(55-66-67(63,64)65-54-53-60(3,4)5)57(61)51-49-47-45-15-13-11-9-7-2/h8,10,14,16,18-19,21-22,24-25,27-28,30-31,49,51,56-57,61H,6-7,9,11-13,15,17,20,23,26,29,32-48,50,52-55H2,1-5H3,(H-,59,62,63,64)/b10-8-,16-14-,19-18-,22-21-,25-24-,28-27-,31-30-,51-49+. The number of aliphatic hydroxyl groups is 1. The second-order valence-corrected chi connectivity index (χ2v) is 20.6. The predicted octanol–water partition coefficient (Wildman–Crippen LogP) is 15.6. The molecule has 0 aromatic heterocycles. The van der Waals surface area contributed by atoms with E-state index in [1.54, 1.807) is 6.08 Å². The van der Waals surface area contributed by atoms with E-state index >= 15 is 0 Å². The SMILES string of the molecule is CC/C=C\C/C=C\C/C=C\C/C=C\C/C=C\C/C=C\C/C=C\CCCCCCCCCCCCCCCCCC(=O)NC(COP(=O)([O-])OCC[N+](C)(C)C)C(O)/C=C/CCCCCCCC. The Balaban J connectivity index is 3.94. The third-order valence-electron chi connectivity index (χ3n) is 11.5. The molecule has 0 aromatic carbocycles. The Morgan fingerprint density at radius 2 is 0.910 bits per heavy atom. The second-order valence-electron chi connectivity index (χ2n) is 19.2. The molecular formula is C58H103N2O6P. The first-order chi connectivity index (χ1) is 32.5. The largest absolute Gasteiger partial charge is 0.756 e. The van der Waals surface area contributed by atoms with Crippen LogP contribution in [-0.2, 0) is 18.4 Å². The highest BCUT2D eigenvalue weighted by Crippen LogP contribution is 2.38. The first-order valence-corrected chi connectivity index (χ1v) is 28.6. The maximum absolute atomic E-state index is 12.9. The summed E-state index contributed by atoms with van der Waals surface area (Å²) in [5.74, 6) is -0.204. The van der Waals surface area contributed by atoms with Gasteiger partial charge < -0.3 is 28.8 Å². The van der Waals surface area contributed by atoms with Crippen molar-refractivity contribution in [3.63, 3.8) is 0 Å². The van der Waals surface area contributed by atoms with Crippen LogP contribution in [0.25, 0.3) is 0 Å². The zero-order valence-corrected chi connectivity index (χ0v) is 44.7. The third kappa shape index (κ3) is 51.1. The highest BCUT2D eigenvalue weighted by Gasteiger charge is 2.23. The number of nitrogens with one attached hydrogen (secondary N) is 1. The molecule has 8 nitrogen and oxygen atoms in total. The molecule has 0 spiro atoms. The Morgan fingerprint density at radius 1 is 0.537 bits per heavy atom. The van der Waals surface area contributed by atoms with E-state index in [4.69, 9.17) is 9.05 Å². The maximum atomic E-state index is 12.9. The average Bonchev–Trinajstić information content (AvgIpc) is 3.29. The Hall–Kier alpha value is -2.58. The average molecular weight is 955 g/mol. The van der Waals surface area contributed by atoms with Crippen LogP contribution in [0.15, 0.2) is 97.2 Å². The smallest absolute Gasteiger partial charge is 0.268 e. The number of phosphoric ester groups is 1. The van der Waals surface area contributed by atoms with E-state index in [1.807, 2.05) is 27.2 Å². The molecule has 3 atom stereocenters. The van der Waals surface area contributed by atoms with Crippen LogP contribution in [0.5, 0.6) is 0 Å². The highest BCUT2D eigenvalue weighted by atomic mass is 31.2. The summed E-state index contributed by atoms with van der Waals surface area (Å²) in [6, 6.07) is -0.888. The number of allylic oxidation sites excluding steroid dienone is 15. The number of quaternary nitrogens is 1. The zero-order chi connectivity index (χ0) is 49.2. The molecule has 0 aliphatic heterocycles. The fourth-order valence-corrected chi connectivity index (χ4v) is 8.03. The van der Waals surface area contributed by atoms with Crippen LogP contribution < -0.4 is 10.2 Å². The Bertz CT molecular complexity index is 1410. The number of hydrogen-bond donors (Lipinski definition) is 2. The Kier molecular flexibility index (Phi) is 46.6. The lowest BCUT2D eigenvalue weighted by atomic mass is 10.0. The van der Waals surface area contributed by atoms with Gasteiger partial charge in [-0.15, -0.1) is 0 Å². The highest BCUT2D eigenvalue weighted by molar-refractivity contribution is 7.45. The Labute approximate surface area is 413 Å². The Morgan fingerprint density at radius 3 is 1.33 bits per heavy atom. The summed E-state index contributed by atoms with van der Waals surface area (Å²) in [5, 5.41) is 13.7. The number of unbranched alkanes of at least 4 members (excludes halogenated alkanes) is 21. The number of aliphatic hydroxyl groups excluding tert-OH is 1. The molecule has 2 N–H and O–H groups in total. The van der Waals surface area contributed by atoms with E-state index < -0.39 is 20.0 Å². The molecule has 0 aliphatic carbocycles. The van der Waals surface area contributed by atoms with Crippen molar-refractivity contribution >= 4 is 13.7 Å². The maximum Gasteiger partial charge on any atom is 0.268 e. The number of nitrogens with zero attached hydrogens (tertiary/aromatic N) is 1. The molecule has 67 heavy (non-hydrogen) atoms. The van der Waals surface area contributed by atoms with Crippen LogP contribution in [0.2, 0.25) is 0 Å². The topological polar surface area (TPSA) is 108 Å². The lowest BCUT2D eigenvalue weighted by Gasteiger charge is -2.29. The summed E-state index contributed by atoms with van der Waals surface area (Å²) in [6.07, 6.45) is 69.3. The molecule has 0 rings (SSSR count). The van der Waals surface area contributed by atoms with Crippen molar-refractivity contribution in [3.05, 3.63) is 97.2 Å². The van der Waals surface area contributed by atoms with E-state index in [9.17, 15) is 19.4 Å². The van der Waals surface area contributed by atoms with Crippen molar-refractivity contribution in [1.82, 2.24) is 5.32 Å². The molecule has 1 amide bonds. The van der Waals surface area contributed by atoms with Gasteiger partial charge in [0, 0.05) is 6.42 Å². The van der Waals surface area contributed by atoms with E-state index in [0.29, 0.717) is 17.4 Å². The van der Waals surface area contributed by atoms with Gasteiger partial charge in [-0.3, -0.25) is 9.36 Å². The van der Waals surface area contributed by atoms with Gasteiger partial charge in [-0.1, -0.05) is 227 Å². The summed E-state index contributed by atoms with van der Waals surface area (Å²) in [6.45, 7) is 4.47. The van der Waals surface area contributed by atoms with E-state index in [1.165, 1.54) is 109 Å². The summed E-state index contributed by atoms with van der Waals surface area (Å²) in [4.78, 5) is 25.3. The van der Waals surface area contributed by atoms with Crippen molar-refractivity contribution in [2.75, 3.05) is 40.9 Å². The quantitative estimate of drug-likeness (QED) is 0.0272. The molecule has 0 saturated heterocycles. The summed E-state index contributed by atoms with van der Waals surface area (Å²) >= 11 is 0. The van der Waals surface area contributed by atoms with Crippen molar-refractivity contribution < 1.29 is 32.9 Å². The zero-order valence-electron chi connectivity index (χ0n) is 43.8. The molecule has 0 fully saturated rings. The van der Waals surface area contributed by atoms with Crippen LogP contribution in [0.1, 0.15) is 213 Å². The summed E-state index contributed by atoms with van der Waals surface area (Å²) in [5.41, 5.74) is 0. The molecule has 0 aromatic rings. The molecular weight excluding hydrogens is 852 g/mol. The monoisotopic (exact) mass is 955 g/mol. The van der Waals surface area contributed by atoms with Crippen LogP contribution >= 0.6 is 7.82 Å². The molecule has 0 heterocycles. The van der Waals surface area contributed by atoms with Crippen molar-refractivity contribution in [3.8, 4) is 0 Å². The van der Waals surface area contributed by atoms with Gasteiger partial charge in [0.15, 0.2) is 0 Å². The second kappa shape index (κ2) is 48.4. The fourth-order valence-electron chi connectivity index (χ4n) is 7.31. The van der Waals surface area contributed by atoms with Gasteiger partial charge in [0.2, 0.25) is 5.91 Å². The van der Waals surface area contributed by atoms with E-state index in [-0.39, 0.29) is 19.1 Å². The van der Waals surface area contributed by atoms with Crippen LogP contribution in [0.3, 0.4) is 0 Å². The molecule has 0 saturated carbocycles.